The van der Waals surface area contributed by atoms with Crippen LogP contribution in [0.3, 0.4) is 0 Å². The monoisotopic (exact) mass is 342 g/mol. The third-order valence-corrected chi connectivity index (χ3v) is 3.40. The van der Waals surface area contributed by atoms with Gasteiger partial charge in [-0.1, -0.05) is 18.2 Å². The molecular weight excluding hydrogens is 320 g/mol. The van der Waals surface area contributed by atoms with E-state index in [-0.39, 0.29) is 0 Å². The first-order valence-corrected chi connectivity index (χ1v) is 7.88. The minimum atomic E-state index is -0.410. The van der Waals surface area contributed by atoms with E-state index in [0.717, 1.165) is 16.9 Å². The largest absolute Gasteiger partial charge is 0.493 e. The molecule has 132 valence electrons. The molecule has 0 saturated heterocycles. The number of benzene rings is 2. The topological polar surface area (TPSA) is 54.0 Å². The van der Waals surface area contributed by atoms with Crippen molar-refractivity contribution < 1.29 is 23.7 Å². The summed E-state index contributed by atoms with van der Waals surface area (Å²) < 4.78 is 21.3. The molecule has 0 heterocycles. The second-order valence-corrected chi connectivity index (χ2v) is 5.28. The van der Waals surface area contributed by atoms with Crippen LogP contribution >= 0.6 is 0 Å². The highest BCUT2D eigenvalue weighted by Gasteiger charge is 2.05. The van der Waals surface area contributed by atoms with Gasteiger partial charge in [-0.2, -0.15) is 0 Å². The van der Waals surface area contributed by atoms with E-state index in [1.807, 2.05) is 37.3 Å². The van der Waals surface area contributed by atoms with Gasteiger partial charge < -0.3 is 18.9 Å². The van der Waals surface area contributed by atoms with Crippen LogP contribution in [0.1, 0.15) is 11.1 Å². The predicted molar refractivity (Wildman–Crippen MR) is 96.2 cm³/mol. The minimum absolute atomic E-state index is 0.391. The van der Waals surface area contributed by atoms with Crippen LogP contribution in [0, 0.1) is 6.92 Å². The zero-order valence-corrected chi connectivity index (χ0v) is 14.7. The first-order chi connectivity index (χ1) is 12.1. The molecule has 2 aromatic rings. The van der Waals surface area contributed by atoms with Gasteiger partial charge in [0.1, 0.15) is 19.0 Å². The van der Waals surface area contributed by atoms with Gasteiger partial charge in [0.2, 0.25) is 0 Å². The molecule has 0 saturated carbocycles. The number of esters is 1. The van der Waals surface area contributed by atoms with E-state index in [1.165, 1.54) is 13.2 Å². The molecule has 0 aliphatic rings. The van der Waals surface area contributed by atoms with Gasteiger partial charge in [0.25, 0.3) is 0 Å². The molecule has 0 spiro atoms. The summed E-state index contributed by atoms with van der Waals surface area (Å²) in [6.07, 6.45) is 3.00. The summed E-state index contributed by atoms with van der Waals surface area (Å²) in [6.45, 7) is 2.84. The van der Waals surface area contributed by atoms with Crippen LogP contribution in [0.5, 0.6) is 17.2 Å². The molecule has 5 nitrogen and oxygen atoms in total. The van der Waals surface area contributed by atoms with Gasteiger partial charge in [-0.25, -0.2) is 4.79 Å². The number of aryl methyl sites for hydroxylation is 1. The molecule has 2 rings (SSSR count). The molecule has 0 aromatic heterocycles. The third kappa shape index (κ3) is 5.88. The van der Waals surface area contributed by atoms with E-state index in [2.05, 4.69) is 4.74 Å². The molecule has 0 fully saturated rings. The van der Waals surface area contributed by atoms with Gasteiger partial charge in [0.15, 0.2) is 11.5 Å². The molecule has 0 aliphatic heterocycles. The van der Waals surface area contributed by atoms with Crippen molar-refractivity contribution in [2.75, 3.05) is 27.4 Å². The normalized spacial score (nSPS) is 10.5. The number of ether oxygens (including phenoxy) is 4. The number of hydrogen-bond acceptors (Lipinski definition) is 5. The quantitative estimate of drug-likeness (QED) is 0.416. The van der Waals surface area contributed by atoms with Crippen LogP contribution in [0.25, 0.3) is 6.08 Å². The summed E-state index contributed by atoms with van der Waals surface area (Å²) in [4.78, 5) is 11.1. The summed E-state index contributed by atoms with van der Waals surface area (Å²) in [6, 6.07) is 13.3. The van der Waals surface area contributed by atoms with E-state index < -0.39 is 5.97 Å². The second-order valence-electron chi connectivity index (χ2n) is 5.28. The van der Waals surface area contributed by atoms with Crippen LogP contribution in [0.2, 0.25) is 0 Å². The average molecular weight is 342 g/mol. The van der Waals surface area contributed by atoms with Crippen LogP contribution in [0.4, 0.5) is 0 Å². The van der Waals surface area contributed by atoms with E-state index >= 15 is 0 Å². The van der Waals surface area contributed by atoms with Crippen LogP contribution in [0.15, 0.2) is 48.5 Å². The Kier molecular flexibility index (Phi) is 6.89. The SMILES string of the molecule is COC(=O)/C=C/c1ccc(OCCOc2cccc(C)c2)c(OC)c1. The van der Waals surface area contributed by atoms with Crippen molar-refractivity contribution in [1.82, 2.24) is 0 Å². The highest BCUT2D eigenvalue weighted by Crippen LogP contribution is 2.28. The first-order valence-electron chi connectivity index (χ1n) is 7.88. The van der Waals surface area contributed by atoms with Crippen LogP contribution < -0.4 is 14.2 Å². The Morgan fingerprint density at radius 3 is 2.52 bits per heavy atom. The van der Waals surface area contributed by atoms with Crippen molar-refractivity contribution in [3.63, 3.8) is 0 Å². The lowest BCUT2D eigenvalue weighted by molar-refractivity contribution is -0.134. The minimum Gasteiger partial charge on any atom is -0.493 e. The lowest BCUT2D eigenvalue weighted by Crippen LogP contribution is -2.09. The Labute approximate surface area is 147 Å². The van der Waals surface area contributed by atoms with Crippen LogP contribution in [-0.2, 0) is 9.53 Å². The van der Waals surface area contributed by atoms with Crippen molar-refractivity contribution in [2.24, 2.45) is 0 Å². The second kappa shape index (κ2) is 9.37. The fourth-order valence-corrected chi connectivity index (χ4v) is 2.16. The number of rotatable bonds is 8. The van der Waals surface area contributed by atoms with Gasteiger partial charge in [-0.3, -0.25) is 0 Å². The van der Waals surface area contributed by atoms with Gasteiger partial charge in [-0.15, -0.1) is 0 Å². The fraction of sp³-hybridized carbons (Fsp3) is 0.250. The molecule has 0 N–H and O–H groups in total. The van der Waals surface area contributed by atoms with Gasteiger partial charge in [0, 0.05) is 6.08 Å². The fourth-order valence-electron chi connectivity index (χ4n) is 2.16. The lowest BCUT2D eigenvalue weighted by Gasteiger charge is -2.12. The van der Waals surface area contributed by atoms with E-state index in [0.29, 0.717) is 24.7 Å². The first kappa shape index (κ1) is 18.4. The Balaban J connectivity index is 1.90. The van der Waals surface area contributed by atoms with Gasteiger partial charge in [0.05, 0.1) is 14.2 Å². The maximum Gasteiger partial charge on any atom is 0.330 e. The molecule has 0 unspecified atom stereocenters. The standard InChI is InChI=1S/C20H22O5/c1-15-5-4-6-17(13-15)24-11-12-25-18-9-7-16(14-19(18)22-2)8-10-20(21)23-3/h4-10,13-14H,11-12H2,1-3H3/b10-8+. The predicted octanol–water partition coefficient (Wildman–Crippen LogP) is 3.65. The zero-order chi connectivity index (χ0) is 18.1. The van der Waals surface area contributed by atoms with Crippen molar-refractivity contribution in [1.29, 1.82) is 0 Å². The highest BCUT2D eigenvalue weighted by atomic mass is 16.5. The molecule has 0 radical (unpaired) electrons. The van der Waals surface area contributed by atoms with E-state index in [1.54, 1.807) is 25.3 Å². The maximum atomic E-state index is 11.1. The number of carbonyl (C=O) groups is 1. The Bertz CT molecular complexity index is 737. The zero-order valence-electron chi connectivity index (χ0n) is 14.7. The summed E-state index contributed by atoms with van der Waals surface area (Å²) in [5, 5.41) is 0. The van der Waals surface area contributed by atoms with Gasteiger partial charge >= 0.3 is 5.97 Å². The van der Waals surface area contributed by atoms with Crippen molar-refractivity contribution in [2.45, 2.75) is 6.92 Å². The Morgan fingerprint density at radius 1 is 1.00 bits per heavy atom. The molecule has 0 amide bonds. The average Bonchev–Trinajstić information content (AvgIpc) is 2.63. The summed E-state index contributed by atoms with van der Waals surface area (Å²) >= 11 is 0. The van der Waals surface area contributed by atoms with E-state index in [9.17, 15) is 4.79 Å². The molecule has 25 heavy (non-hydrogen) atoms. The molecule has 0 aliphatic carbocycles. The number of carbonyl (C=O) groups excluding carboxylic acids is 1. The molecule has 0 bridgehead atoms. The van der Waals surface area contributed by atoms with E-state index in [4.69, 9.17) is 14.2 Å². The smallest absolute Gasteiger partial charge is 0.330 e. The summed E-state index contributed by atoms with van der Waals surface area (Å²) in [7, 11) is 2.91. The van der Waals surface area contributed by atoms with Crippen molar-refractivity contribution in [3.05, 3.63) is 59.7 Å². The van der Waals surface area contributed by atoms with Crippen molar-refractivity contribution >= 4 is 12.0 Å². The molecule has 2 aromatic carbocycles. The Morgan fingerprint density at radius 2 is 1.80 bits per heavy atom. The van der Waals surface area contributed by atoms with Crippen LogP contribution in [-0.4, -0.2) is 33.4 Å². The molecule has 0 atom stereocenters. The van der Waals surface area contributed by atoms with Crippen molar-refractivity contribution in [3.8, 4) is 17.2 Å². The Hall–Kier alpha value is -2.95. The number of methoxy groups -OCH3 is 2. The third-order valence-electron chi connectivity index (χ3n) is 3.40. The highest BCUT2D eigenvalue weighted by molar-refractivity contribution is 5.87. The summed E-state index contributed by atoms with van der Waals surface area (Å²) in [5.74, 6) is 1.61. The maximum absolute atomic E-state index is 11.1. The number of hydrogen-bond donors (Lipinski definition) is 0. The molecule has 5 heteroatoms. The summed E-state index contributed by atoms with van der Waals surface area (Å²) in [5.41, 5.74) is 1.96. The molecular formula is C20H22O5. The van der Waals surface area contributed by atoms with Gasteiger partial charge in [-0.05, 0) is 48.4 Å². The lowest BCUT2D eigenvalue weighted by atomic mass is 10.2.